The van der Waals surface area contributed by atoms with Crippen molar-refractivity contribution in [3.8, 4) is 66.8 Å². The molecule has 0 heteroatoms. The summed E-state index contributed by atoms with van der Waals surface area (Å²) in [5.41, 5.74) is 23.5. The Morgan fingerprint density at radius 1 is 0.257 bits per heavy atom. The van der Waals surface area contributed by atoms with Gasteiger partial charge in [0.05, 0.1) is 0 Å². The molecular formula is C74H52. The van der Waals surface area contributed by atoms with E-state index in [-0.39, 0.29) is 10.8 Å². The summed E-state index contributed by atoms with van der Waals surface area (Å²) in [6.07, 6.45) is 0. The highest BCUT2D eigenvalue weighted by atomic mass is 14.4. The van der Waals surface area contributed by atoms with Crippen molar-refractivity contribution in [1.82, 2.24) is 0 Å². The Balaban J connectivity index is 1.13. The zero-order valence-electron chi connectivity index (χ0n) is 42.6. The van der Waals surface area contributed by atoms with Crippen LogP contribution in [0.3, 0.4) is 0 Å². The molecule has 0 aromatic heterocycles. The molecule has 348 valence electrons. The van der Waals surface area contributed by atoms with Crippen molar-refractivity contribution in [3.05, 3.63) is 281 Å². The number of fused-ring (bicyclic) bond motifs is 10. The van der Waals surface area contributed by atoms with E-state index in [2.05, 4.69) is 248 Å². The summed E-state index contributed by atoms with van der Waals surface area (Å²) >= 11 is 0. The van der Waals surface area contributed by atoms with Crippen molar-refractivity contribution in [1.29, 1.82) is 0 Å². The largest absolute Gasteiger partial charge is 0.0619 e. The second-order valence-corrected chi connectivity index (χ2v) is 22.8. The Hall–Kier alpha value is -8.58. The van der Waals surface area contributed by atoms with E-state index in [0.29, 0.717) is 0 Å². The zero-order chi connectivity index (χ0) is 49.5. The van der Waals surface area contributed by atoms with Crippen molar-refractivity contribution >= 4 is 32.3 Å². The van der Waals surface area contributed by atoms with Gasteiger partial charge in [-0.1, -0.05) is 233 Å². The van der Waals surface area contributed by atoms with Crippen LogP contribution in [-0.4, -0.2) is 0 Å². The maximum atomic E-state index is 2.55. The van der Waals surface area contributed by atoms with Crippen LogP contribution in [0.4, 0.5) is 0 Å². The van der Waals surface area contributed by atoms with Crippen LogP contribution in [0.15, 0.2) is 206 Å². The van der Waals surface area contributed by atoms with Crippen molar-refractivity contribution in [2.75, 3.05) is 0 Å². The van der Waals surface area contributed by atoms with Gasteiger partial charge >= 0.3 is 0 Å². The highest BCUT2D eigenvalue weighted by Crippen LogP contribution is 2.53. The van der Waals surface area contributed by atoms with Gasteiger partial charge in [-0.15, -0.1) is 0 Å². The van der Waals surface area contributed by atoms with E-state index in [1.165, 1.54) is 174 Å². The number of hydrogen-bond donors (Lipinski definition) is 0. The summed E-state index contributed by atoms with van der Waals surface area (Å²) in [6.45, 7) is 14.0. The van der Waals surface area contributed by atoms with E-state index >= 15 is 0 Å². The van der Waals surface area contributed by atoms with Crippen LogP contribution in [-0.2, 0) is 10.8 Å². The lowest BCUT2D eigenvalue weighted by Crippen LogP contribution is -2.15. The molecular weight excluding hydrogens is 889 g/mol. The molecule has 0 spiro atoms. The normalized spacial score (nSPS) is 14.3. The Bertz CT molecular complexity index is 4680. The van der Waals surface area contributed by atoms with Crippen LogP contribution in [0.25, 0.3) is 99.1 Å². The highest BCUT2D eigenvalue weighted by Gasteiger charge is 2.37. The second kappa shape index (κ2) is 14.6. The fourth-order valence-corrected chi connectivity index (χ4v) is 14.6. The van der Waals surface area contributed by atoms with Crippen molar-refractivity contribution in [2.24, 2.45) is 0 Å². The van der Waals surface area contributed by atoms with Crippen molar-refractivity contribution in [3.63, 3.8) is 0 Å². The number of rotatable bonds is 4. The summed E-state index contributed by atoms with van der Waals surface area (Å²) < 4.78 is 0. The van der Waals surface area contributed by atoms with Gasteiger partial charge in [0.2, 0.25) is 0 Å². The third-order valence-corrected chi connectivity index (χ3v) is 18.1. The lowest BCUT2D eigenvalue weighted by atomic mass is 9.80. The molecule has 0 saturated heterocycles. The molecule has 0 fully saturated rings. The minimum Gasteiger partial charge on any atom is -0.0619 e. The van der Waals surface area contributed by atoms with Gasteiger partial charge in [0.25, 0.3) is 0 Å². The van der Waals surface area contributed by atoms with Crippen molar-refractivity contribution < 1.29 is 0 Å². The number of benzene rings is 12. The predicted molar refractivity (Wildman–Crippen MR) is 309 cm³/mol. The minimum atomic E-state index is -0.138. The molecule has 0 radical (unpaired) electrons. The van der Waals surface area contributed by atoms with Gasteiger partial charge in [-0.05, 0) is 189 Å². The molecule has 0 nitrogen and oxygen atoms in total. The van der Waals surface area contributed by atoms with Gasteiger partial charge in [-0.2, -0.15) is 0 Å². The second-order valence-electron chi connectivity index (χ2n) is 22.8. The number of aryl methyl sites for hydroxylation is 2. The van der Waals surface area contributed by atoms with Gasteiger partial charge in [0.1, 0.15) is 0 Å². The Morgan fingerprint density at radius 2 is 0.541 bits per heavy atom. The smallest absolute Gasteiger partial charge is 0.0159 e. The minimum absolute atomic E-state index is 0.138. The van der Waals surface area contributed by atoms with E-state index < -0.39 is 0 Å². The summed E-state index contributed by atoms with van der Waals surface area (Å²) in [5, 5.41) is 18.5. The molecule has 74 heavy (non-hydrogen) atoms. The first-order valence-electron chi connectivity index (χ1n) is 26.5. The maximum Gasteiger partial charge on any atom is 0.0159 e. The van der Waals surface area contributed by atoms with Gasteiger partial charge in [-0.25, -0.2) is 0 Å². The van der Waals surface area contributed by atoms with E-state index in [4.69, 9.17) is 0 Å². The quantitative estimate of drug-likeness (QED) is 0.165. The third kappa shape index (κ3) is 5.32. The topological polar surface area (TPSA) is 0 Å². The molecule has 4 aliphatic carbocycles. The molecule has 16 rings (SSSR count). The molecule has 4 aliphatic rings. The summed E-state index contributed by atoms with van der Waals surface area (Å²) in [7, 11) is 0. The standard InChI is InChI=1S/C74H52/c1-41-23-27-43(28-24-41)63-51-17-7-8-18-52(51)64(44-29-25-42(2)26-30-44)70-56-36-38-58-68-57(37-35-55(67(56)68)69(63)70)71-65(45-31-33-49-47-15-11-13-21-59(47)73(3,4)61(49)39-45)53-19-9-10-20-54(53)66(72(58)71)46-32-34-50-48-16-12-14-22-60(48)74(5,6)62(50)40-46/h7-40H,1-6H3. The SMILES string of the molecule is Cc1ccc(-c2c3c(c(-c4ccc(C)cc4)c4ccccc24)=c2ccc4c5c(ccc=3c25)=c2c(-c3ccc5c(c3)C(C)(C)c3ccccc3-5)c3ccccc3c(-c3ccc5c(c3)C(C)(C)c3ccccc3-5)c2=4)cc1. The molecule has 0 N–H and O–H groups in total. The fraction of sp³-hybridized carbons (Fsp3) is 0.108. The van der Waals surface area contributed by atoms with E-state index in [1.807, 2.05) is 0 Å². The van der Waals surface area contributed by atoms with Gasteiger partial charge in [0, 0.05) is 10.8 Å². The Labute approximate surface area is 430 Å². The van der Waals surface area contributed by atoms with Crippen LogP contribution >= 0.6 is 0 Å². The molecule has 0 heterocycles. The summed E-state index contributed by atoms with van der Waals surface area (Å²) in [4.78, 5) is 0. The van der Waals surface area contributed by atoms with Gasteiger partial charge < -0.3 is 0 Å². The summed E-state index contributed by atoms with van der Waals surface area (Å²) in [6, 6.07) is 79.8. The zero-order valence-corrected chi connectivity index (χ0v) is 42.6. The predicted octanol–water partition coefficient (Wildman–Crippen LogP) is 18.8. The Morgan fingerprint density at radius 3 is 0.892 bits per heavy atom. The third-order valence-electron chi connectivity index (χ3n) is 18.1. The lowest BCUT2D eigenvalue weighted by Gasteiger charge is -2.23. The number of hydrogen-bond acceptors (Lipinski definition) is 0. The maximum absolute atomic E-state index is 2.55. The molecule has 0 saturated carbocycles. The van der Waals surface area contributed by atoms with Crippen LogP contribution in [0.5, 0.6) is 0 Å². The van der Waals surface area contributed by atoms with Crippen molar-refractivity contribution in [2.45, 2.75) is 52.4 Å². The molecule has 0 unspecified atom stereocenters. The average molecular weight is 941 g/mol. The molecule has 12 aromatic rings. The molecule has 0 aliphatic heterocycles. The van der Waals surface area contributed by atoms with Crippen LogP contribution < -0.4 is 0 Å². The van der Waals surface area contributed by atoms with Crippen LogP contribution in [0.1, 0.15) is 61.1 Å². The lowest BCUT2D eigenvalue weighted by molar-refractivity contribution is 0.660. The fourth-order valence-electron chi connectivity index (χ4n) is 14.6. The highest BCUT2D eigenvalue weighted by molar-refractivity contribution is 6.10. The summed E-state index contributed by atoms with van der Waals surface area (Å²) in [5.74, 6) is 0. The van der Waals surface area contributed by atoms with Gasteiger partial charge in [0.15, 0.2) is 0 Å². The first kappa shape index (κ1) is 42.0. The molecule has 0 amide bonds. The van der Waals surface area contributed by atoms with E-state index in [0.717, 1.165) is 0 Å². The Kier molecular flexibility index (Phi) is 8.26. The van der Waals surface area contributed by atoms with Crippen LogP contribution in [0.2, 0.25) is 0 Å². The molecule has 12 aromatic carbocycles. The first-order chi connectivity index (χ1) is 36.1. The van der Waals surface area contributed by atoms with E-state index in [9.17, 15) is 0 Å². The van der Waals surface area contributed by atoms with Gasteiger partial charge in [-0.3, -0.25) is 0 Å². The molecule has 0 bridgehead atoms. The van der Waals surface area contributed by atoms with E-state index in [1.54, 1.807) is 0 Å². The first-order valence-corrected chi connectivity index (χ1v) is 26.5. The molecule has 0 atom stereocenters. The average Bonchev–Trinajstić information content (AvgIpc) is 4.11. The monoisotopic (exact) mass is 940 g/mol. The van der Waals surface area contributed by atoms with Crippen LogP contribution in [0, 0.1) is 55.6 Å².